The van der Waals surface area contributed by atoms with Crippen molar-refractivity contribution in [2.24, 2.45) is 0 Å². The fourth-order valence-electron chi connectivity index (χ4n) is 1.74. The Labute approximate surface area is 117 Å². The maximum Gasteiger partial charge on any atom is 0.337 e. The van der Waals surface area contributed by atoms with Gasteiger partial charge in [-0.15, -0.1) is 0 Å². The molecule has 0 atom stereocenters. The minimum absolute atomic E-state index is 0.272. The Hall–Kier alpha value is -2.11. The number of benzene rings is 1. The molecule has 0 radical (unpaired) electrons. The minimum Gasteiger partial charge on any atom is -0.478 e. The van der Waals surface area contributed by atoms with Gasteiger partial charge in [0.05, 0.1) is 11.3 Å². The van der Waals surface area contributed by atoms with Gasteiger partial charge in [0.2, 0.25) is 0 Å². The molecule has 1 aromatic carbocycles. The molecule has 3 N–H and O–H groups in total. The number of hydrogen-bond acceptors (Lipinski definition) is 2. The highest BCUT2D eigenvalue weighted by Gasteiger charge is 2.16. The lowest BCUT2D eigenvalue weighted by Crippen LogP contribution is -2.30. The second kappa shape index (κ2) is 8.14. The Balaban J connectivity index is 2.55. The largest absolute Gasteiger partial charge is 0.478 e. The molecule has 0 aliphatic heterocycles. The van der Waals surface area contributed by atoms with Gasteiger partial charge < -0.3 is 15.7 Å². The Morgan fingerprint density at radius 2 is 2.00 bits per heavy atom. The van der Waals surface area contributed by atoms with Crippen LogP contribution in [0.5, 0.6) is 0 Å². The number of carbonyl (C=O) groups excluding carboxylic acids is 1. The summed E-state index contributed by atoms with van der Waals surface area (Å²) in [5.74, 6) is -2.06. The molecule has 0 aromatic heterocycles. The first-order chi connectivity index (χ1) is 9.56. The van der Waals surface area contributed by atoms with Gasteiger partial charge in [-0.25, -0.2) is 14.0 Å². The van der Waals surface area contributed by atoms with Gasteiger partial charge in [-0.1, -0.05) is 32.3 Å². The average molecular weight is 282 g/mol. The molecule has 1 rings (SSSR count). The normalized spacial score (nSPS) is 10.1. The molecule has 0 spiro atoms. The summed E-state index contributed by atoms with van der Waals surface area (Å²) in [7, 11) is 0. The summed E-state index contributed by atoms with van der Waals surface area (Å²) in [4.78, 5) is 22.5. The Bertz CT molecular complexity index is 477. The van der Waals surface area contributed by atoms with E-state index in [4.69, 9.17) is 5.11 Å². The predicted octanol–water partition coefficient (Wildman–Crippen LogP) is 3.23. The smallest absolute Gasteiger partial charge is 0.337 e. The van der Waals surface area contributed by atoms with Gasteiger partial charge in [0.1, 0.15) is 5.82 Å². The van der Waals surface area contributed by atoms with E-state index in [1.807, 2.05) is 0 Å². The highest BCUT2D eigenvalue weighted by Crippen LogP contribution is 2.19. The van der Waals surface area contributed by atoms with Crippen LogP contribution < -0.4 is 10.6 Å². The van der Waals surface area contributed by atoms with Crippen LogP contribution in [-0.2, 0) is 0 Å². The molecule has 0 fully saturated rings. The van der Waals surface area contributed by atoms with E-state index in [0.29, 0.717) is 6.54 Å². The molecular formula is C14H19FN2O3. The minimum atomic E-state index is -1.29. The van der Waals surface area contributed by atoms with Gasteiger partial charge in [0.25, 0.3) is 0 Å². The van der Waals surface area contributed by atoms with E-state index in [2.05, 4.69) is 17.6 Å². The molecule has 0 aliphatic rings. The van der Waals surface area contributed by atoms with Crippen molar-refractivity contribution in [3.63, 3.8) is 0 Å². The van der Waals surface area contributed by atoms with Crippen molar-refractivity contribution in [3.8, 4) is 0 Å². The lowest BCUT2D eigenvalue weighted by Gasteiger charge is -2.10. The molecule has 0 unspecified atom stereocenters. The third kappa shape index (κ3) is 4.87. The maximum atomic E-state index is 13.6. The summed E-state index contributed by atoms with van der Waals surface area (Å²) in [6, 6.07) is 3.02. The summed E-state index contributed by atoms with van der Waals surface area (Å²) in [6.45, 7) is 2.56. The van der Waals surface area contributed by atoms with Crippen molar-refractivity contribution in [3.05, 3.63) is 29.6 Å². The highest BCUT2D eigenvalue weighted by molar-refractivity contribution is 6.00. The van der Waals surface area contributed by atoms with E-state index in [9.17, 15) is 14.0 Å². The van der Waals surface area contributed by atoms with Gasteiger partial charge in [-0.3, -0.25) is 0 Å². The quantitative estimate of drug-likeness (QED) is 0.672. The third-order valence-electron chi connectivity index (χ3n) is 2.80. The van der Waals surface area contributed by atoms with E-state index < -0.39 is 17.8 Å². The number of urea groups is 1. The number of nitrogens with one attached hydrogen (secondary N) is 2. The van der Waals surface area contributed by atoms with Crippen molar-refractivity contribution < 1.29 is 19.1 Å². The van der Waals surface area contributed by atoms with Gasteiger partial charge in [0.15, 0.2) is 0 Å². The number of carboxylic acids is 1. The number of halogens is 1. The third-order valence-corrected chi connectivity index (χ3v) is 2.80. The number of aromatic carboxylic acids is 1. The summed E-state index contributed by atoms with van der Waals surface area (Å²) >= 11 is 0. The van der Waals surface area contributed by atoms with Crippen molar-refractivity contribution in [2.45, 2.75) is 32.6 Å². The van der Waals surface area contributed by atoms with Gasteiger partial charge in [-0.2, -0.15) is 0 Å². The van der Waals surface area contributed by atoms with Crippen LogP contribution >= 0.6 is 0 Å². The Morgan fingerprint density at radius 1 is 1.25 bits per heavy atom. The van der Waals surface area contributed by atoms with Gasteiger partial charge in [-0.05, 0) is 18.6 Å². The van der Waals surface area contributed by atoms with Crippen LogP contribution in [0.25, 0.3) is 0 Å². The number of hydrogen-bond donors (Lipinski definition) is 3. The Morgan fingerprint density at radius 3 is 2.65 bits per heavy atom. The fourth-order valence-corrected chi connectivity index (χ4v) is 1.74. The number of unbranched alkanes of at least 4 members (excludes halogenated alkanes) is 3. The number of carbonyl (C=O) groups is 2. The first kappa shape index (κ1) is 15.9. The molecule has 0 saturated heterocycles. The van der Waals surface area contributed by atoms with Crippen LogP contribution in [0.3, 0.4) is 0 Å². The van der Waals surface area contributed by atoms with Crippen LogP contribution in [-0.4, -0.2) is 23.7 Å². The second-order valence-electron chi connectivity index (χ2n) is 4.41. The zero-order valence-corrected chi connectivity index (χ0v) is 11.4. The number of rotatable bonds is 7. The SMILES string of the molecule is CCCCCCNC(=O)Nc1c(F)cccc1C(=O)O. The van der Waals surface area contributed by atoms with Crippen molar-refractivity contribution >= 4 is 17.7 Å². The molecule has 5 nitrogen and oxygen atoms in total. The maximum absolute atomic E-state index is 13.6. The van der Waals surface area contributed by atoms with Gasteiger partial charge in [0, 0.05) is 6.54 Å². The second-order valence-corrected chi connectivity index (χ2v) is 4.41. The molecule has 2 amide bonds. The standard InChI is InChI=1S/C14H19FN2O3/c1-2-3-4-5-9-16-14(20)17-12-10(13(18)19)7-6-8-11(12)15/h6-8H,2-5,9H2,1H3,(H,18,19)(H2,16,17,20). The topological polar surface area (TPSA) is 78.4 Å². The van der Waals surface area contributed by atoms with E-state index in [0.717, 1.165) is 31.7 Å². The zero-order chi connectivity index (χ0) is 15.0. The molecule has 0 aliphatic carbocycles. The molecule has 20 heavy (non-hydrogen) atoms. The number of anilines is 1. The van der Waals surface area contributed by atoms with Crippen LogP contribution in [0.1, 0.15) is 43.0 Å². The van der Waals surface area contributed by atoms with E-state index >= 15 is 0 Å². The molecule has 6 heteroatoms. The zero-order valence-electron chi connectivity index (χ0n) is 11.4. The summed E-state index contributed by atoms with van der Waals surface area (Å²) in [5, 5.41) is 13.8. The fraction of sp³-hybridized carbons (Fsp3) is 0.429. The van der Waals surface area contributed by atoms with Crippen molar-refractivity contribution in [1.82, 2.24) is 5.32 Å². The van der Waals surface area contributed by atoms with E-state index in [1.165, 1.54) is 12.1 Å². The van der Waals surface area contributed by atoms with Crippen LogP contribution in [0.2, 0.25) is 0 Å². The van der Waals surface area contributed by atoms with Crippen LogP contribution in [0, 0.1) is 5.82 Å². The molecule has 1 aromatic rings. The van der Waals surface area contributed by atoms with E-state index in [-0.39, 0.29) is 11.3 Å². The van der Waals surface area contributed by atoms with Crippen LogP contribution in [0.4, 0.5) is 14.9 Å². The van der Waals surface area contributed by atoms with Crippen molar-refractivity contribution in [2.75, 3.05) is 11.9 Å². The lowest BCUT2D eigenvalue weighted by atomic mass is 10.1. The average Bonchev–Trinajstić information content (AvgIpc) is 2.40. The lowest BCUT2D eigenvalue weighted by molar-refractivity contribution is 0.0697. The molecule has 110 valence electrons. The first-order valence-electron chi connectivity index (χ1n) is 6.63. The van der Waals surface area contributed by atoms with Crippen LogP contribution in [0.15, 0.2) is 18.2 Å². The predicted molar refractivity (Wildman–Crippen MR) is 74.5 cm³/mol. The molecule has 0 heterocycles. The first-order valence-corrected chi connectivity index (χ1v) is 6.63. The number of carboxylic acid groups (broad SMARTS) is 1. The summed E-state index contributed by atoms with van der Waals surface area (Å²) in [5.41, 5.74) is -0.586. The number of para-hydroxylation sites is 1. The molecular weight excluding hydrogens is 263 g/mol. The highest BCUT2D eigenvalue weighted by atomic mass is 19.1. The van der Waals surface area contributed by atoms with Crippen molar-refractivity contribution in [1.29, 1.82) is 0 Å². The molecule has 0 bridgehead atoms. The monoisotopic (exact) mass is 282 g/mol. The van der Waals surface area contributed by atoms with E-state index in [1.54, 1.807) is 0 Å². The number of amides is 2. The summed E-state index contributed by atoms with van der Waals surface area (Å²) < 4.78 is 13.6. The Kier molecular flexibility index (Phi) is 6.49. The van der Waals surface area contributed by atoms with Gasteiger partial charge >= 0.3 is 12.0 Å². The summed E-state index contributed by atoms with van der Waals surface area (Å²) in [6.07, 6.45) is 4.05. The molecule has 0 saturated carbocycles.